The van der Waals surface area contributed by atoms with Gasteiger partial charge < -0.3 is 40.2 Å². The largest absolute Gasteiger partial charge is 0.355 e. The lowest BCUT2D eigenvalue weighted by molar-refractivity contribution is -0.304. The van der Waals surface area contributed by atoms with Gasteiger partial charge in [0.1, 0.15) is 12.2 Å². The van der Waals surface area contributed by atoms with Crippen molar-refractivity contribution in [3.05, 3.63) is 0 Å². The third-order valence-corrected chi connectivity index (χ3v) is 9.09. The molecule has 4 amide bonds. The Kier molecular flexibility index (Phi) is 13.9. The molecule has 0 aromatic heterocycles. The molecule has 4 N–H and O–H groups in total. The van der Waals surface area contributed by atoms with Crippen molar-refractivity contribution < 1.29 is 38.1 Å². The third-order valence-electron chi connectivity index (χ3n) is 6.68. The molecular formula is C28H50N4O8S2. The van der Waals surface area contributed by atoms with E-state index in [0.29, 0.717) is 37.8 Å². The fourth-order valence-corrected chi connectivity index (χ4v) is 6.00. The molecule has 0 aromatic carbocycles. The zero-order valence-electron chi connectivity index (χ0n) is 26.3. The van der Waals surface area contributed by atoms with Gasteiger partial charge in [0.2, 0.25) is 23.6 Å². The molecule has 2 saturated heterocycles. The highest BCUT2D eigenvalue weighted by molar-refractivity contribution is 8.76. The van der Waals surface area contributed by atoms with Gasteiger partial charge >= 0.3 is 0 Å². The predicted molar refractivity (Wildman–Crippen MR) is 164 cm³/mol. The molecule has 2 atom stereocenters. The van der Waals surface area contributed by atoms with Gasteiger partial charge in [0.25, 0.3) is 0 Å². The molecule has 14 heteroatoms. The normalized spacial score (nSPS) is 23.8. The second-order valence-electron chi connectivity index (χ2n) is 12.8. The third kappa shape index (κ3) is 12.6. The maximum atomic E-state index is 12.6. The molecule has 2 heterocycles. The maximum Gasteiger partial charge on any atom is 0.249 e. The summed E-state index contributed by atoms with van der Waals surface area (Å²) in [7, 11) is 3.20. The molecule has 0 spiro atoms. The Balaban J connectivity index is 1.47. The standard InChI is InChI=1S/C28H50N4O8S2/c1-25(2)17-37-27(5,6)39-21(25)23(35)31-11-9-19(33)29-13-15-41-42-16-14-30-20(34)10-12-32-24(36)22-26(3,4)18-38-28(7,8)40-22/h21-22H,9-18H2,1-8H3,(H,29,33)(H,30,34)(H,31,35)(H,32,36)/t21-,22-/m0/s1. The molecule has 242 valence electrons. The van der Waals surface area contributed by atoms with Gasteiger partial charge in [0.05, 0.1) is 13.2 Å². The minimum atomic E-state index is -0.827. The smallest absolute Gasteiger partial charge is 0.249 e. The molecule has 2 rings (SSSR count). The van der Waals surface area contributed by atoms with E-state index < -0.39 is 34.6 Å². The SMILES string of the molecule is CC1(C)OCC(C)(C)[C@H](C(=O)NCCC(=O)NCCSSCCNC(=O)CCNC(=O)[C@@H]2OC(C)(C)OCC2(C)C)O1. The number of rotatable bonds is 15. The van der Waals surface area contributed by atoms with E-state index >= 15 is 0 Å². The number of ether oxygens (including phenoxy) is 4. The summed E-state index contributed by atoms with van der Waals surface area (Å²) in [6.07, 6.45) is -0.941. The first-order chi connectivity index (χ1) is 19.4. The molecule has 0 saturated carbocycles. The molecule has 42 heavy (non-hydrogen) atoms. The number of carbonyl (C=O) groups is 4. The van der Waals surface area contributed by atoms with Gasteiger partial charge in [-0.15, -0.1) is 0 Å². The predicted octanol–water partition coefficient (Wildman–Crippen LogP) is 1.97. The monoisotopic (exact) mass is 634 g/mol. The highest BCUT2D eigenvalue weighted by atomic mass is 33.1. The van der Waals surface area contributed by atoms with Crippen LogP contribution >= 0.6 is 21.6 Å². The molecule has 12 nitrogen and oxygen atoms in total. The first-order valence-electron chi connectivity index (χ1n) is 14.4. The van der Waals surface area contributed by atoms with Gasteiger partial charge in [-0.2, -0.15) is 0 Å². The van der Waals surface area contributed by atoms with Crippen molar-refractivity contribution in [1.29, 1.82) is 0 Å². The van der Waals surface area contributed by atoms with Crippen LogP contribution in [0.15, 0.2) is 0 Å². The van der Waals surface area contributed by atoms with Crippen LogP contribution in [0.5, 0.6) is 0 Å². The molecule has 0 unspecified atom stereocenters. The first kappa shape index (κ1) is 36.6. The Morgan fingerprint density at radius 2 is 0.952 bits per heavy atom. The summed E-state index contributed by atoms with van der Waals surface area (Å²) in [6.45, 7) is 17.0. The molecule has 0 aromatic rings. The zero-order chi connectivity index (χ0) is 31.6. The van der Waals surface area contributed by atoms with E-state index in [0.717, 1.165) is 0 Å². The van der Waals surface area contributed by atoms with E-state index in [2.05, 4.69) is 21.3 Å². The molecule has 0 aliphatic carbocycles. The van der Waals surface area contributed by atoms with Gasteiger partial charge in [0.15, 0.2) is 11.6 Å². The summed E-state index contributed by atoms with van der Waals surface area (Å²) >= 11 is 0. The Labute approximate surface area is 258 Å². The van der Waals surface area contributed by atoms with E-state index in [4.69, 9.17) is 18.9 Å². The number of carbonyl (C=O) groups excluding carboxylic acids is 4. The van der Waals surface area contributed by atoms with E-state index in [-0.39, 0.29) is 49.6 Å². The zero-order valence-corrected chi connectivity index (χ0v) is 27.9. The van der Waals surface area contributed by atoms with E-state index in [1.165, 1.54) is 0 Å². The fraction of sp³-hybridized carbons (Fsp3) is 0.857. The lowest BCUT2D eigenvalue weighted by Crippen LogP contribution is -2.56. The number of hydrogen-bond acceptors (Lipinski definition) is 10. The Bertz CT molecular complexity index is 871. The minimum absolute atomic E-state index is 0.136. The average molecular weight is 635 g/mol. The van der Waals surface area contributed by atoms with E-state index in [9.17, 15) is 19.2 Å². The van der Waals surface area contributed by atoms with Gasteiger partial charge in [0, 0.05) is 61.4 Å². The quantitative estimate of drug-likeness (QED) is 0.155. The topological polar surface area (TPSA) is 153 Å². The molecule has 0 bridgehead atoms. The minimum Gasteiger partial charge on any atom is -0.355 e. The van der Waals surface area contributed by atoms with Crippen molar-refractivity contribution in [3.8, 4) is 0 Å². The van der Waals surface area contributed by atoms with Crippen LogP contribution in [0.4, 0.5) is 0 Å². The van der Waals surface area contributed by atoms with Crippen molar-refractivity contribution >= 4 is 45.2 Å². The van der Waals surface area contributed by atoms with Crippen molar-refractivity contribution in [2.75, 3.05) is 50.9 Å². The summed E-state index contributed by atoms with van der Waals surface area (Å²) < 4.78 is 22.9. The number of amides is 4. The number of hydrogen-bond donors (Lipinski definition) is 4. The lowest BCUT2D eigenvalue weighted by atomic mass is 9.85. The Morgan fingerprint density at radius 1 is 0.595 bits per heavy atom. The van der Waals surface area contributed by atoms with Gasteiger partial charge in [-0.1, -0.05) is 49.3 Å². The summed E-state index contributed by atoms with van der Waals surface area (Å²) in [5.41, 5.74) is -0.930. The second-order valence-corrected chi connectivity index (χ2v) is 15.5. The van der Waals surface area contributed by atoms with Crippen LogP contribution in [0.3, 0.4) is 0 Å². The molecule has 2 fully saturated rings. The van der Waals surface area contributed by atoms with Crippen LogP contribution < -0.4 is 21.3 Å². The summed E-state index contributed by atoms with van der Waals surface area (Å²) in [5.74, 6) is -0.992. The Hall–Kier alpha value is -1.58. The van der Waals surface area contributed by atoms with Crippen molar-refractivity contribution in [2.45, 2.75) is 92.0 Å². The molecule has 2 aliphatic heterocycles. The first-order valence-corrected chi connectivity index (χ1v) is 16.9. The van der Waals surface area contributed by atoms with Gasteiger partial charge in [-0.05, 0) is 27.7 Å². The van der Waals surface area contributed by atoms with Crippen molar-refractivity contribution in [3.63, 3.8) is 0 Å². The lowest BCUT2D eigenvalue weighted by Gasteiger charge is -2.44. The molecular weight excluding hydrogens is 584 g/mol. The molecule has 2 aliphatic rings. The van der Waals surface area contributed by atoms with Crippen LogP contribution in [0, 0.1) is 10.8 Å². The van der Waals surface area contributed by atoms with Crippen LogP contribution in [-0.4, -0.2) is 98.3 Å². The van der Waals surface area contributed by atoms with Crippen molar-refractivity contribution in [2.24, 2.45) is 10.8 Å². The van der Waals surface area contributed by atoms with E-state index in [1.807, 2.05) is 27.7 Å². The average Bonchev–Trinajstić information content (AvgIpc) is 2.88. The summed E-state index contributed by atoms with van der Waals surface area (Å²) in [6, 6.07) is 0. The highest BCUT2D eigenvalue weighted by Gasteiger charge is 2.46. The molecule has 0 radical (unpaired) electrons. The summed E-state index contributed by atoms with van der Waals surface area (Å²) in [4.78, 5) is 49.4. The van der Waals surface area contributed by atoms with Crippen LogP contribution in [0.2, 0.25) is 0 Å². The fourth-order valence-electron chi connectivity index (χ4n) is 4.19. The van der Waals surface area contributed by atoms with Crippen LogP contribution in [0.1, 0.15) is 68.2 Å². The maximum absolute atomic E-state index is 12.6. The highest BCUT2D eigenvalue weighted by Crippen LogP contribution is 2.35. The van der Waals surface area contributed by atoms with Gasteiger partial charge in [-0.3, -0.25) is 19.2 Å². The van der Waals surface area contributed by atoms with Gasteiger partial charge in [-0.25, -0.2) is 0 Å². The Morgan fingerprint density at radius 3 is 1.31 bits per heavy atom. The van der Waals surface area contributed by atoms with Crippen LogP contribution in [0.25, 0.3) is 0 Å². The van der Waals surface area contributed by atoms with E-state index in [1.54, 1.807) is 49.3 Å². The second kappa shape index (κ2) is 15.9. The number of nitrogens with one attached hydrogen (secondary N) is 4. The van der Waals surface area contributed by atoms with Crippen molar-refractivity contribution in [1.82, 2.24) is 21.3 Å². The summed E-state index contributed by atoms with van der Waals surface area (Å²) in [5, 5.41) is 11.3. The van der Waals surface area contributed by atoms with Crippen LogP contribution in [-0.2, 0) is 38.1 Å².